The summed E-state index contributed by atoms with van der Waals surface area (Å²) in [7, 11) is 0. The van der Waals surface area contributed by atoms with E-state index in [1.807, 2.05) is 0 Å². The molecule has 1 aromatic carbocycles. The zero-order valence-corrected chi connectivity index (χ0v) is 12.1. The number of nitrogens with one attached hydrogen (secondary N) is 1. The molecule has 0 radical (unpaired) electrons. The SMILES string of the molecule is CCNC(CCC1CC1)Cc1ccc(C)c(C)c1. The van der Waals surface area contributed by atoms with E-state index in [1.54, 1.807) is 0 Å². The number of hydrogen-bond acceptors (Lipinski definition) is 1. The van der Waals surface area contributed by atoms with Crippen LogP contribution in [-0.4, -0.2) is 12.6 Å². The summed E-state index contributed by atoms with van der Waals surface area (Å²) in [6, 6.07) is 7.58. The second-order valence-electron chi connectivity index (χ2n) is 5.90. The summed E-state index contributed by atoms with van der Waals surface area (Å²) in [4.78, 5) is 0. The van der Waals surface area contributed by atoms with E-state index >= 15 is 0 Å². The minimum absolute atomic E-state index is 0.665. The van der Waals surface area contributed by atoms with Crippen molar-refractivity contribution in [2.24, 2.45) is 5.92 Å². The maximum absolute atomic E-state index is 3.65. The summed E-state index contributed by atoms with van der Waals surface area (Å²) < 4.78 is 0. The molecule has 1 N–H and O–H groups in total. The fourth-order valence-electron chi connectivity index (χ4n) is 2.62. The highest BCUT2D eigenvalue weighted by molar-refractivity contribution is 5.30. The van der Waals surface area contributed by atoms with E-state index in [-0.39, 0.29) is 0 Å². The van der Waals surface area contributed by atoms with Gasteiger partial charge in [0.05, 0.1) is 0 Å². The van der Waals surface area contributed by atoms with E-state index in [1.165, 1.54) is 48.8 Å². The van der Waals surface area contributed by atoms with Crippen molar-refractivity contribution >= 4 is 0 Å². The van der Waals surface area contributed by atoms with Crippen LogP contribution in [0.15, 0.2) is 18.2 Å². The molecule has 0 aromatic heterocycles. The molecule has 1 aromatic rings. The Balaban J connectivity index is 1.90. The maximum atomic E-state index is 3.65. The van der Waals surface area contributed by atoms with E-state index in [2.05, 4.69) is 44.3 Å². The largest absolute Gasteiger partial charge is 0.314 e. The lowest BCUT2D eigenvalue weighted by Gasteiger charge is -2.18. The summed E-state index contributed by atoms with van der Waals surface area (Å²) in [5.74, 6) is 1.05. The van der Waals surface area contributed by atoms with Crippen LogP contribution in [0.3, 0.4) is 0 Å². The molecule has 1 aliphatic rings. The molecule has 0 aliphatic heterocycles. The summed E-state index contributed by atoms with van der Waals surface area (Å²) >= 11 is 0. The number of aryl methyl sites for hydroxylation is 2. The van der Waals surface area contributed by atoms with Gasteiger partial charge in [-0.25, -0.2) is 0 Å². The topological polar surface area (TPSA) is 12.0 Å². The average Bonchev–Trinajstić information content (AvgIpc) is 3.15. The van der Waals surface area contributed by atoms with Gasteiger partial charge in [-0.2, -0.15) is 0 Å². The maximum Gasteiger partial charge on any atom is 0.0107 e. The Morgan fingerprint density at radius 3 is 2.61 bits per heavy atom. The van der Waals surface area contributed by atoms with Crippen LogP contribution in [-0.2, 0) is 6.42 Å². The lowest BCUT2D eigenvalue weighted by atomic mass is 9.97. The molecule has 1 unspecified atom stereocenters. The third-order valence-electron chi connectivity index (χ3n) is 4.17. The van der Waals surface area contributed by atoms with Crippen molar-refractivity contribution in [3.63, 3.8) is 0 Å². The lowest BCUT2D eigenvalue weighted by Crippen LogP contribution is -2.31. The average molecular weight is 245 g/mol. The minimum atomic E-state index is 0.665. The van der Waals surface area contributed by atoms with Crippen LogP contribution in [0.5, 0.6) is 0 Å². The fraction of sp³-hybridized carbons (Fsp3) is 0.647. The van der Waals surface area contributed by atoms with Crippen molar-refractivity contribution in [3.05, 3.63) is 34.9 Å². The predicted octanol–water partition coefficient (Wildman–Crippen LogP) is 4.01. The summed E-state index contributed by atoms with van der Waals surface area (Å²) in [5.41, 5.74) is 4.31. The highest BCUT2D eigenvalue weighted by Gasteiger charge is 2.22. The van der Waals surface area contributed by atoms with Gasteiger partial charge >= 0.3 is 0 Å². The zero-order valence-electron chi connectivity index (χ0n) is 12.1. The molecule has 1 atom stereocenters. The molecule has 0 amide bonds. The van der Waals surface area contributed by atoms with Gasteiger partial charge in [0.15, 0.2) is 0 Å². The molecule has 0 spiro atoms. The number of likely N-dealkylation sites (N-methyl/N-ethyl adjacent to an activating group) is 1. The Kier molecular flexibility index (Phi) is 4.82. The van der Waals surface area contributed by atoms with Gasteiger partial charge < -0.3 is 5.32 Å². The second kappa shape index (κ2) is 6.38. The first kappa shape index (κ1) is 13.6. The zero-order chi connectivity index (χ0) is 13.0. The van der Waals surface area contributed by atoms with Gasteiger partial charge in [0.2, 0.25) is 0 Å². The van der Waals surface area contributed by atoms with E-state index in [9.17, 15) is 0 Å². The van der Waals surface area contributed by atoms with Crippen LogP contribution in [0.1, 0.15) is 49.3 Å². The fourth-order valence-corrected chi connectivity index (χ4v) is 2.62. The Morgan fingerprint density at radius 1 is 1.22 bits per heavy atom. The summed E-state index contributed by atoms with van der Waals surface area (Å²) in [5, 5.41) is 3.65. The van der Waals surface area contributed by atoms with Gasteiger partial charge in [-0.05, 0) is 62.3 Å². The Bertz CT molecular complexity index is 379. The van der Waals surface area contributed by atoms with Gasteiger partial charge in [0, 0.05) is 6.04 Å². The van der Waals surface area contributed by atoms with Gasteiger partial charge in [-0.1, -0.05) is 38.0 Å². The molecule has 0 heterocycles. The number of hydrogen-bond donors (Lipinski definition) is 1. The van der Waals surface area contributed by atoms with E-state index in [0.717, 1.165) is 12.5 Å². The van der Waals surface area contributed by atoms with E-state index < -0.39 is 0 Å². The summed E-state index contributed by atoms with van der Waals surface area (Å²) in [6.07, 6.45) is 6.89. The predicted molar refractivity (Wildman–Crippen MR) is 79.0 cm³/mol. The van der Waals surface area contributed by atoms with Crippen molar-refractivity contribution in [2.75, 3.05) is 6.54 Å². The van der Waals surface area contributed by atoms with Crippen LogP contribution in [0.2, 0.25) is 0 Å². The summed E-state index contributed by atoms with van der Waals surface area (Å²) in [6.45, 7) is 7.70. The van der Waals surface area contributed by atoms with Crippen LogP contribution < -0.4 is 5.32 Å². The van der Waals surface area contributed by atoms with Crippen molar-refractivity contribution in [1.29, 1.82) is 0 Å². The third kappa shape index (κ3) is 4.13. The van der Waals surface area contributed by atoms with Gasteiger partial charge in [-0.3, -0.25) is 0 Å². The molecule has 18 heavy (non-hydrogen) atoms. The molecule has 1 heteroatoms. The first-order valence-corrected chi connectivity index (χ1v) is 7.48. The second-order valence-corrected chi connectivity index (χ2v) is 5.90. The molecule has 1 nitrogen and oxygen atoms in total. The molecule has 0 saturated heterocycles. The quantitative estimate of drug-likeness (QED) is 0.765. The molecule has 2 rings (SSSR count). The van der Waals surface area contributed by atoms with Crippen molar-refractivity contribution < 1.29 is 0 Å². The lowest BCUT2D eigenvalue weighted by molar-refractivity contribution is 0.462. The van der Waals surface area contributed by atoms with Crippen molar-refractivity contribution in [2.45, 2.75) is 58.9 Å². The molecule has 1 saturated carbocycles. The highest BCUT2D eigenvalue weighted by Crippen LogP contribution is 2.34. The van der Waals surface area contributed by atoms with Crippen molar-refractivity contribution in [3.8, 4) is 0 Å². The van der Waals surface area contributed by atoms with Gasteiger partial charge in [0.25, 0.3) is 0 Å². The van der Waals surface area contributed by atoms with Crippen molar-refractivity contribution in [1.82, 2.24) is 5.32 Å². The van der Waals surface area contributed by atoms with Crippen LogP contribution in [0.25, 0.3) is 0 Å². The Labute approximate surface area is 112 Å². The molecule has 1 fully saturated rings. The standard InChI is InChI=1S/C17H27N/c1-4-18-17(10-9-15-7-8-15)12-16-6-5-13(2)14(3)11-16/h5-6,11,15,17-18H,4,7-10,12H2,1-3H3. The highest BCUT2D eigenvalue weighted by atomic mass is 14.9. The molecule has 0 bridgehead atoms. The molecule has 100 valence electrons. The minimum Gasteiger partial charge on any atom is -0.314 e. The van der Waals surface area contributed by atoms with Crippen LogP contribution in [0.4, 0.5) is 0 Å². The monoisotopic (exact) mass is 245 g/mol. The van der Waals surface area contributed by atoms with Crippen LogP contribution >= 0.6 is 0 Å². The number of rotatable bonds is 7. The van der Waals surface area contributed by atoms with Crippen LogP contribution in [0, 0.1) is 19.8 Å². The van der Waals surface area contributed by atoms with E-state index in [4.69, 9.17) is 0 Å². The van der Waals surface area contributed by atoms with E-state index in [0.29, 0.717) is 6.04 Å². The Morgan fingerprint density at radius 2 is 2.00 bits per heavy atom. The van der Waals surface area contributed by atoms with Gasteiger partial charge in [-0.15, -0.1) is 0 Å². The Hall–Kier alpha value is -0.820. The smallest absolute Gasteiger partial charge is 0.0107 e. The normalized spacial score (nSPS) is 16.8. The van der Waals surface area contributed by atoms with Gasteiger partial charge in [0.1, 0.15) is 0 Å². The first-order valence-electron chi connectivity index (χ1n) is 7.48. The molecular weight excluding hydrogens is 218 g/mol. The molecule has 1 aliphatic carbocycles. The molecular formula is C17H27N. The number of benzene rings is 1. The first-order chi connectivity index (χ1) is 8.69. The third-order valence-corrected chi connectivity index (χ3v) is 4.17.